The van der Waals surface area contributed by atoms with Crippen molar-refractivity contribution in [1.29, 1.82) is 0 Å². The van der Waals surface area contributed by atoms with Gasteiger partial charge in [-0.3, -0.25) is 9.48 Å². The average molecular weight is 291 g/mol. The first kappa shape index (κ1) is 14.8. The van der Waals surface area contributed by atoms with Crippen molar-refractivity contribution in [3.05, 3.63) is 35.4 Å². The zero-order valence-electron chi connectivity index (χ0n) is 12.1. The van der Waals surface area contributed by atoms with Gasteiger partial charge in [-0.1, -0.05) is 0 Å². The van der Waals surface area contributed by atoms with Gasteiger partial charge in [0.2, 0.25) is 5.91 Å². The number of hydrogen-bond acceptors (Lipinski definition) is 4. The smallest absolute Gasteiger partial charge is 0.354 e. The fraction of sp³-hybridized carbons (Fsp3) is 0.385. The normalized spacial score (nSPS) is 12.1. The number of aromatic carboxylic acids is 1. The molecule has 0 bridgehead atoms. The van der Waals surface area contributed by atoms with Crippen molar-refractivity contribution >= 4 is 11.9 Å². The average Bonchev–Trinajstić information content (AvgIpc) is 3.05. The SMILES string of the molecule is Cc1c(CNC(=O)C(C)n2nccc2C(=O)O)cnn1C. The molecule has 1 atom stereocenters. The van der Waals surface area contributed by atoms with Crippen LogP contribution in [-0.4, -0.2) is 36.5 Å². The van der Waals surface area contributed by atoms with Crippen molar-refractivity contribution in [2.45, 2.75) is 26.4 Å². The molecule has 0 saturated heterocycles. The van der Waals surface area contributed by atoms with Crippen LogP contribution in [0.3, 0.4) is 0 Å². The van der Waals surface area contributed by atoms with Crippen molar-refractivity contribution in [3.8, 4) is 0 Å². The molecule has 8 nitrogen and oxygen atoms in total. The lowest BCUT2D eigenvalue weighted by Gasteiger charge is -2.14. The second kappa shape index (κ2) is 5.78. The Labute approximate surface area is 121 Å². The van der Waals surface area contributed by atoms with Crippen molar-refractivity contribution in [1.82, 2.24) is 24.9 Å². The molecule has 1 unspecified atom stereocenters. The summed E-state index contributed by atoms with van der Waals surface area (Å²) in [4.78, 5) is 23.1. The minimum Gasteiger partial charge on any atom is -0.477 e. The van der Waals surface area contributed by atoms with Gasteiger partial charge in [-0.05, 0) is 19.9 Å². The largest absolute Gasteiger partial charge is 0.477 e. The van der Waals surface area contributed by atoms with Gasteiger partial charge in [-0.2, -0.15) is 10.2 Å². The summed E-state index contributed by atoms with van der Waals surface area (Å²) in [6.45, 7) is 3.85. The van der Waals surface area contributed by atoms with Crippen LogP contribution in [0.25, 0.3) is 0 Å². The van der Waals surface area contributed by atoms with Gasteiger partial charge < -0.3 is 10.4 Å². The Bertz CT molecular complexity index is 673. The first-order valence-electron chi connectivity index (χ1n) is 6.43. The highest BCUT2D eigenvalue weighted by molar-refractivity contribution is 5.87. The maximum Gasteiger partial charge on any atom is 0.354 e. The number of aromatic nitrogens is 4. The number of carbonyl (C=O) groups excluding carboxylic acids is 1. The number of carboxylic acid groups (broad SMARTS) is 1. The molecule has 0 radical (unpaired) electrons. The Morgan fingerprint density at radius 3 is 2.71 bits per heavy atom. The zero-order valence-corrected chi connectivity index (χ0v) is 12.1. The third-order valence-electron chi connectivity index (χ3n) is 3.43. The first-order valence-corrected chi connectivity index (χ1v) is 6.43. The van der Waals surface area contributed by atoms with Crippen LogP contribution < -0.4 is 5.32 Å². The highest BCUT2D eigenvalue weighted by Crippen LogP contribution is 2.10. The van der Waals surface area contributed by atoms with Crippen molar-refractivity contribution in [2.24, 2.45) is 7.05 Å². The van der Waals surface area contributed by atoms with E-state index in [1.807, 2.05) is 14.0 Å². The van der Waals surface area contributed by atoms with Crippen LogP contribution >= 0.6 is 0 Å². The van der Waals surface area contributed by atoms with E-state index in [2.05, 4.69) is 15.5 Å². The van der Waals surface area contributed by atoms with Gasteiger partial charge in [0.15, 0.2) is 0 Å². The lowest BCUT2D eigenvalue weighted by molar-refractivity contribution is -0.124. The van der Waals surface area contributed by atoms with E-state index in [0.717, 1.165) is 11.3 Å². The monoisotopic (exact) mass is 291 g/mol. The molecule has 0 aliphatic carbocycles. The van der Waals surface area contributed by atoms with E-state index in [-0.39, 0.29) is 11.6 Å². The van der Waals surface area contributed by atoms with E-state index >= 15 is 0 Å². The van der Waals surface area contributed by atoms with E-state index in [1.54, 1.807) is 17.8 Å². The summed E-state index contributed by atoms with van der Waals surface area (Å²) in [5, 5.41) is 19.8. The summed E-state index contributed by atoms with van der Waals surface area (Å²) in [6.07, 6.45) is 3.05. The van der Waals surface area contributed by atoms with Crippen molar-refractivity contribution < 1.29 is 14.7 Å². The number of carboxylic acids is 1. The van der Waals surface area contributed by atoms with Gasteiger partial charge >= 0.3 is 5.97 Å². The molecule has 2 aromatic rings. The molecule has 0 aliphatic heterocycles. The summed E-state index contributed by atoms with van der Waals surface area (Å²) in [7, 11) is 1.83. The lowest BCUT2D eigenvalue weighted by atomic mass is 10.2. The summed E-state index contributed by atoms with van der Waals surface area (Å²) in [5.74, 6) is -1.42. The van der Waals surface area contributed by atoms with E-state index in [9.17, 15) is 9.59 Å². The van der Waals surface area contributed by atoms with E-state index in [4.69, 9.17) is 5.11 Å². The molecule has 2 aromatic heterocycles. The Hall–Kier alpha value is -2.64. The Morgan fingerprint density at radius 1 is 1.43 bits per heavy atom. The third kappa shape index (κ3) is 2.93. The minimum absolute atomic E-state index is 0.0183. The van der Waals surface area contributed by atoms with Crippen LogP contribution in [0.5, 0.6) is 0 Å². The maximum absolute atomic E-state index is 12.1. The highest BCUT2D eigenvalue weighted by Gasteiger charge is 2.21. The van der Waals surface area contributed by atoms with Crippen LogP contribution in [0.15, 0.2) is 18.5 Å². The van der Waals surface area contributed by atoms with Gasteiger partial charge in [-0.15, -0.1) is 0 Å². The summed E-state index contributed by atoms with van der Waals surface area (Å²) in [6, 6.07) is 0.653. The molecule has 112 valence electrons. The lowest BCUT2D eigenvalue weighted by Crippen LogP contribution is -2.32. The molecule has 2 heterocycles. The van der Waals surface area contributed by atoms with E-state index in [0.29, 0.717) is 6.54 Å². The molecule has 0 fully saturated rings. The molecular weight excluding hydrogens is 274 g/mol. The van der Waals surface area contributed by atoms with Gasteiger partial charge in [0, 0.05) is 31.0 Å². The van der Waals surface area contributed by atoms with Crippen LogP contribution in [0.2, 0.25) is 0 Å². The van der Waals surface area contributed by atoms with Gasteiger partial charge in [-0.25, -0.2) is 9.48 Å². The first-order chi connectivity index (χ1) is 9.91. The molecule has 21 heavy (non-hydrogen) atoms. The Morgan fingerprint density at radius 2 is 2.14 bits per heavy atom. The van der Waals surface area contributed by atoms with Crippen LogP contribution in [0.4, 0.5) is 0 Å². The van der Waals surface area contributed by atoms with Gasteiger partial charge in [0.25, 0.3) is 0 Å². The summed E-state index contributed by atoms with van der Waals surface area (Å²) < 4.78 is 2.91. The van der Waals surface area contributed by atoms with Crippen molar-refractivity contribution in [3.63, 3.8) is 0 Å². The molecule has 8 heteroatoms. The fourth-order valence-electron chi connectivity index (χ4n) is 1.95. The molecule has 0 saturated carbocycles. The minimum atomic E-state index is -1.12. The van der Waals surface area contributed by atoms with E-state index in [1.165, 1.54) is 16.9 Å². The molecule has 0 spiro atoms. The second-order valence-corrected chi connectivity index (χ2v) is 4.74. The number of rotatable bonds is 5. The molecule has 2 N–H and O–H groups in total. The topological polar surface area (TPSA) is 102 Å². The molecule has 1 amide bonds. The second-order valence-electron chi connectivity index (χ2n) is 4.74. The number of amides is 1. The number of aryl methyl sites for hydroxylation is 1. The van der Waals surface area contributed by atoms with Gasteiger partial charge in [0.05, 0.1) is 6.20 Å². The third-order valence-corrected chi connectivity index (χ3v) is 3.43. The highest BCUT2D eigenvalue weighted by atomic mass is 16.4. The Balaban J connectivity index is 2.04. The quantitative estimate of drug-likeness (QED) is 0.835. The number of hydrogen-bond donors (Lipinski definition) is 2. The van der Waals surface area contributed by atoms with Crippen molar-refractivity contribution in [2.75, 3.05) is 0 Å². The van der Waals surface area contributed by atoms with Crippen LogP contribution in [-0.2, 0) is 18.4 Å². The summed E-state index contributed by atoms with van der Waals surface area (Å²) in [5.41, 5.74) is 1.86. The molecular formula is C13H17N5O3. The number of nitrogens with zero attached hydrogens (tertiary/aromatic N) is 4. The van der Waals surface area contributed by atoms with Crippen LogP contribution in [0.1, 0.15) is 34.7 Å². The molecule has 2 rings (SSSR count). The zero-order chi connectivity index (χ0) is 15.6. The maximum atomic E-state index is 12.1. The standard InChI is InChI=1S/C13H17N5O3/c1-8-10(7-16-17(8)3)6-14-12(19)9(2)18-11(13(20)21)4-5-15-18/h4-5,7,9H,6H2,1-3H3,(H,14,19)(H,20,21). The summed E-state index contributed by atoms with van der Waals surface area (Å²) >= 11 is 0. The van der Waals surface area contributed by atoms with Gasteiger partial charge in [0.1, 0.15) is 11.7 Å². The number of carbonyl (C=O) groups is 2. The molecule has 0 aliphatic rings. The van der Waals surface area contributed by atoms with Crippen LogP contribution in [0, 0.1) is 6.92 Å². The number of nitrogens with one attached hydrogen (secondary N) is 1. The predicted molar refractivity (Wildman–Crippen MR) is 73.7 cm³/mol. The predicted octanol–water partition coefficient (Wildman–Crippen LogP) is 0.501. The molecule has 0 aromatic carbocycles. The van der Waals surface area contributed by atoms with E-state index < -0.39 is 12.0 Å². The fourth-order valence-corrected chi connectivity index (χ4v) is 1.95. The Kier molecular flexibility index (Phi) is 4.06.